The average Bonchev–Trinajstić information content (AvgIpc) is 3.15. The van der Waals surface area contributed by atoms with E-state index in [-0.39, 0.29) is 16.5 Å². The van der Waals surface area contributed by atoms with E-state index in [1.165, 1.54) is 18.2 Å². The summed E-state index contributed by atoms with van der Waals surface area (Å²) in [6, 6.07) is 8.21. The van der Waals surface area contributed by atoms with E-state index in [0.29, 0.717) is 5.56 Å². The van der Waals surface area contributed by atoms with E-state index in [1.807, 2.05) is 12.1 Å². The van der Waals surface area contributed by atoms with E-state index in [0.717, 1.165) is 12.8 Å². The largest absolute Gasteiger partial charge is 0.478 e. The first-order valence-electron chi connectivity index (χ1n) is 5.40. The molecule has 0 saturated heterocycles. The van der Waals surface area contributed by atoms with Gasteiger partial charge in [-0.2, -0.15) is 10.5 Å². The van der Waals surface area contributed by atoms with Crippen LogP contribution in [0.25, 0.3) is 0 Å². The first-order chi connectivity index (χ1) is 8.53. The number of carboxylic acids is 1. The van der Waals surface area contributed by atoms with Crippen molar-refractivity contribution in [2.24, 2.45) is 5.92 Å². The van der Waals surface area contributed by atoms with Crippen LogP contribution in [0.1, 0.15) is 28.8 Å². The lowest BCUT2D eigenvalue weighted by Crippen LogP contribution is -2.25. The van der Waals surface area contributed by atoms with Crippen LogP contribution in [0.4, 0.5) is 0 Å². The zero-order valence-corrected chi connectivity index (χ0v) is 10.1. The quantitative estimate of drug-likeness (QED) is 0.905. The Hall–Kier alpha value is -2.04. The fourth-order valence-electron chi connectivity index (χ4n) is 2.03. The number of hydrogen-bond donors (Lipinski definition) is 1. The second-order valence-electron chi connectivity index (χ2n) is 4.34. The van der Waals surface area contributed by atoms with Crippen molar-refractivity contribution < 1.29 is 9.90 Å². The van der Waals surface area contributed by atoms with Gasteiger partial charge in [0.1, 0.15) is 0 Å². The van der Waals surface area contributed by atoms with E-state index in [4.69, 9.17) is 16.7 Å². The van der Waals surface area contributed by atoms with Crippen molar-refractivity contribution in [2.75, 3.05) is 0 Å². The summed E-state index contributed by atoms with van der Waals surface area (Å²) < 4.78 is 0. The van der Waals surface area contributed by atoms with Crippen molar-refractivity contribution >= 4 is 17.6 Å². The molecule has 0 unspecified atom stereocenters. The zero-order valence-electron chi connectivity index (χ0n) is 9.35. The molecule has 1 aromatic rings. The van der Waals surface area contributed by atoms with Crippen LogP contribution in [-0.2, 0) is 5.41 Å². The molecule has 0 aliphatic heterocycles. The van der Waals surface area contributed by atoms with E-state index >= 15 is 0 Å². The van der Waals surface area contributed by atoms with Crippen LogP contribution in [0.2, 0.25) is 5.02 Å². The molecule has 0 spiro atoms. The Morgan fingerprint density at radius 2 is 1.94 bits per heavy atom. The fraction of sp³-hybridized carbons (Fsp3) is 0.308. The van der Waals surface area contributed by atoms with Crippen LogP contribution < -0.4 is 0 Å². The van der Waals surface area contributed by atoms with Crippen molar-refractivity contribution in [2.45, 2.75) is 18.3 Å². The van der Waals surface area contributed by atoms with Gasteiger partial charge in [0.15, 0.2) is 5.41 Å². The summed E-state index contributed by atoms with van der Waals surface area (Å²) in [7, 11) is 0. The molecule has 18 heavy (non-hydrogen) atoms. The Bertz CT molecular complexity index is 580. The molecule has 2 rings (SSSR count). The number of hydrogen-bond acceptors (Lipinski definition) is 3. The molecule has 1 aliphatic rings. The standard InChI is InChI=1S/C13H9ClN2O2/c14-11-4-8(12(17)18)3-10(5-11)13(6-15,7-16)9-1-2-9/h3-5,9H,1-2H2,(H,17,18). The van der Waals surface area contributed by atoms with Gasteiger partial charge in [0.25, 0.3) is 0 Å². The highest BCUT2D eigenvalue weighted by molar-refractivity contribution is 6.31. The lowest BCUT2D eigenvalue weighted by Gasteiger charge is -2.19. The Morgan fingerprint density at radius 3 is 2.39 bits per heavy atom. The number of rotatable bonds is 3. The predicted octanol–water partition coefficient (Wildman–Crippen LogP) is 2.73. The second kappa shape index (κ2) is 4.33. The van der Waals surface area contributed by atoms with E-state index in [1.54, 1.807) is 0 Å². The van der Waals surface area contributed by atoms with Gasteiger partial charge in [0, 0.05) is 5.02 Å². The number of benzene rings is 1. The molecule has 5 heteroatoms. The van der Waals surface area contributed by atoms with E-state index in [9.17, 15) is 15.3 Å². The Morgan fingerprint density at radius 1 is 1.33 bits per heavy atom. The van der Waals surface area contributed by atoms with Crippen LogP contribution in [0, 0.1) is 28.6 Å². The summed E-state index contributed by atoms with van der Waals surface area (Å²) in [5, 5.41) is 27.8. The molecule has 0 radical (unpaired) electrons. The molecule has 1 aromatic carbocycles. The SMILES string of the molecule is N#CC(C#N)(c1cc(Cl)cc(C(=O)O)c1)C1CC1. The molecule has 0 heterocycles. The van der Waals surface area contributed by atoms with Gasteiger partial charge in [-0.3, -0.25) is 0 Å². The van der Waals surface area contributed by atoms with Crippen molar-refractivity contribution in [3.8, 4) is 12.1 Å². The first kappa shape index (κ1) is 12.4. The third-order valence-corrected chi connectivity index (χ3v) is 3.36. The molecule has 0 aromatic heterocycles. The van der Waals surface area contributed by atoms with Crippen molar-refractivity contribution in [1.82, 2.24) is 0 Å². The maximum absolute atomic E-state index is 11.0. The number of carboxylic acid groups (broad SMARTS) is 1. The molecule has 1 saturated carbocycles. The minimum atomic E-state index is -1.28. The number of carbonyl (C=O) groups is 1. The summed E-state index contributed by atoms with van der Waals surface area (Å²) >= 11 is 5.86. The summed E-state index contributed by atoms with van der Waals surface area (Å²) in [6.45, 7) is 0. The van der Waals surface area contributed by atoms with Crippen molar-refractivity contribution in [1.29, 1.82) is 10.5 Å². The van der Waals surface area contributed by atoms with E-state index in [2.05, 4.69) is 0 Å². The molecular formula is C13H9ClN2O2. The average molecular weight is 261 g/mol. The van der Waals surface area contributed by atoms with Crippen LogP contribution in [-0.4, -0.2) is 11.1 Å². The van der Waals surface area contributed by atoms with Gasteiger partial charge >= 0.3 is 5.97 Å². The van der Waals surface area contributed by atoms with Gasteiger partial charge in [-0.1, -0.05) is 11.6 Å². The van der Waals surface area contributed by atoms with Crippen LogP contribution in [0.3, 0.4) is 0 Å². The van der Waals surface area contributed by atoms with Crippen LogP contribution in [0.15, 0.2) is 18.2 Å². The normalized spacial score (nSPS) is 14.6. The van der Waals surface area contributed by atoms with Gasteiger partial charge in [-0.25, -0.2) is 4.79 Å². The minimum Gasteiger partial charge on any atom is -0.478 e. The van der Waals surface area contributed by atoms with Gasteiger partial charge < -0.3 is 5.11 Å². The lowest BCUT2D eigenvalue weighted by atomic mass is 9.78. The monoisotopic (exact) mass is 260 g/mol. The summed E-state index contributed by atoms with van der Waals surface area (Å²) in [5.41, 5.74) is -0.914. The summed E-state index contributed by atoms with van der Waals surface area (Å²) in [5.74, 6) is -1.16. The predicted molar refractivity (Wildman–Crippen MR) is 64.0 cm³/mol. The minimum absolute atomic E-state index is 0.00646. The van der Waals surface area contributed by atoms with E-state index < -0.39 is 11.4 Å². The summed E-state index contributed by atoms with van der Waals surface area (Å²) in [4.78, 5) is 11.0. The smallest absolute Gasteiger partial charge is 0.335 e. The first-order valence-corrected chi connectivity index (χ1v) is 5.78. The molecule has 4 nitrogen and oxygen atoms in total. The third-order valence-electron chi connectivity index (χ3n) is 3.14. The molecule has 0 atom stereocenters. The molecule has 1 aliphatic carbocycles. The topological polar surface area (TPSA) is 84.9 Å². The molecule has 0 bridgehead atoms. The number of nitrogens with zero attached hydrogens (tertiary/aromatic N) is 2. The maximum atomic E-state index is 11.0. The van der Waals surface area contributed by atoms with Gasteiger partial charge in [-0.15, -0.1) is 0 Å². The Balaban J connectivity index is 2.60. The highest BCUT2D eigenvalue weighted by atomic mass is 35.5. The zero-order chi connectivity index (χ0) is 13.3. The number of halogens is 1. The number of aromatic carboxylic acids is 1. The third kappa shape index (κ3) is 1.92. The Labute approximate surface area is 109 Å². The molecule has 90 valence electrons. The highest BCUT2D eigenvalue weighted by Crippen LogP contribution is 2.47. The lowest BCUT2D eigenvalue weighted by molar-refractivity contribution is 0.0696. The molecule has 1 fully saturated rings. The maximum Gasteiger partial charge on any atom is 0.335 e. The Kier molecular flexibility index (Phi) is 2.98. The molecular weight excluding hydrogens is 252 g/mol. The van der Waals surface area contributed by atoms with Gasteiger partial charge in [-0.05, 0) is 42.5 Å². The summed E-state index contributed by atoms with van der Waals surface area (Å²) in [6.07, 6.45) is 1.60. The van der Waals surface area contributed by atoms with Gasteiger partial charge in [0.2, 0.25) is 0 Å². The number of nitriles is 2. The van der Waals surface area contributed by atoms with Crippen LogP contribution >= 0.6 is 11.6 Å². The second-order valence-corrected chi connectivity index (χ2v) is 4.78. The molecule has 1 N–H and O–H groups in total. The highest BCUT2D eigenvalue weighted by Gasteiger charge is 2.48. The van der Waals surface area contributed by atoms with Crippen molar-refractivity contribution in [3.63, 3.8) is 0 Å². The van der Waals surface area contributed by atoms with Gasteiger partial charge in [0.05, 0.1) is 17.7 Å². The van der Waals surface area contributed by atoms with Crippen LogP contribution in [0.5, 0.6) is 0 Å². The van der Waals surface area contributed by atoms with Crippen molar-refractivity contribution in [3.05, 3.63) is 34.3 Å². The fourth-order valence-corrected chi connectivity index (χ4v) is 2.26. The molecule has 0 amide bonds.